The molecule has 0 unspecified atom stereocenters. The van der Waals surface area contributed by atoms with Crippen molar-refractivity contribution in [2.75, 3.05) is 5.88 Å². The SMILES string of the molecule is Cc1cncc(COc2ccc(C#CCCl)cc2C)c1. The van der Waals surface area contributed by atoms with Gasteiger partial charge < -0.3 is 4.74 Å². The molecule has 0 saturated carbocycles. The zero-order valence-corrected chi connectivity index (χ0v) is 12.4. The lowest BCUT2D eigenvalue weighted by Crippen LogP contribution is -1.98. The number of nitrogens with zero attached hydrogens (tertiary/aromatic N) is 1. The standard InChI is InChI=1S/C17H16ClNO/c1-13-8-16(11-19-10-13)12-20-17-6-5-15(4-3-7-18)9-14(17)2/h5-6,8-11H,7,12H2,1-2H3. The molecule has 2 nitrogen and oxygen atoms in total. The van der Waals surface area contributed by atoms with Crippen molar-refractivity contribution in [3.05, 3.63) is 58.9 Å². The van der Waals surface area contributed by atoms with Gasteiger partial charge in [-0.05, 0) is 49.2 Å². The Labute approximate surface area is 124 Å². The minimum atomic E-state index is 0.345. The fourth-order valence-electron chi connectivity index (χ4n) is 1.88. The van der Waals surface area contributed by atoms with Crippen molar-refractivity contribution in [1.29, 1.82) is 0 Å². The van der Waals surface area contributed by atoms with Crippen LogP contribution in [0.25, 0.3) is 0 Å². The number of alkyl halides is 1. The molecule has 3 heteroatoms. The normalized spacial score (nSPS) is 9.75. The number of aromatic nitrogens is 1. The molecule has 0 amide bonds. The topological polar surface area (TPSA) is 22.1 Å². The summed E-state index contributed by atoms with van der Waals surface area (Å²) in [5, 5.41) is 0. The molecule has 0 fully saturated rings. The molecule has 102 valence electrons. The van der Waals surface area contributed by atoms with Gasteiger partial charge >= 0.3 is 0 Å². The first kappa shape index (κ1) is 14.4. The first-order valence-corrected chi connectivity index (χ1v) is 6.91. The molecule has 1 heterocycles. The third kappa shape index (κ3) is 4.01. The smallest absolute Gasteiger partial charge is 0.122 e. The van der Waals surface area contributed by atoms with Crippen LogP contribution >= 0.6 is 11.6 Å². The minimum Gasteiger partial charge on any atom is -0.489 e. The van der Waals surface area contributed by atoms with Gasteiger partial charge in [-0.25, -0.2) is 0 Å². The summed E-state index contributed by atoms with van der Waals surface area (Å²) in [6.07, 6.45) is 3.65. The second kappa shape index (κ2) is 6.98. The highest BCUT2D eigenvalue weighted by Gasteiger charge is 2.01. The molecule has 0 aliphatic carbocycles. The molecular formula is C17H16ClNO. The third-order valence-electron chi connectivity index (χ3n) is 2.80. The summed E-state index contributed by atoms with van der Waals surface area (Å²) in [7, 11) is 0. The van der Waals surface area contributed by atoms with Crippen LogP contribution in [0.3, 0.4) is 0 Å². The Hall–Kier alpha value is -1.98. The van der Waals surface area contributed by atoms with E-state index in [0.717, 1.165) is 28.0 Å². The van der Waals surface area contributed by atoms with E-state index in [4.69, 9.17) is 16.3 Å². The average molecular weight is 286 g/mol. The Bertz CT molecular complexity index is 656. The summed E-state index contributed by atoms with van der Waals surface area (Å²) in [5.74, 6) is 7.05. The van der Waals surface area contributed by atoms with Crippen molar-refractivity contribution in [3.8, 4) is 17.6 Å². The van der Waals surface area contributed by atoms with Gasteiger partial charge in [-0.2, -0.15) is 0 Å². The van der Waals surface area contributed by atoms with E-state index < -0.39 is 0 Å². The molecule has 0 spiro atoms. The molecule has 2 aromatic rings. The van der Waals surface area contributed by atoms with E-state index in [1.54, 1.807) is 0 Å². The lowest BCUT2D eigenvalue weighted by Gasteiger charge is -2.09. The number of halogens is 1. The summed E-state index contributed by atoms with van der Waals surface area (Å²) in [4.78, 5) is 4.16. The van der Waals surface area contributed by atoms with Crippen LogP contribution in [0.5, 0.6) is 5.75 Å². The van der Waals surface area contributed by atoms with Gasteiger partial charge in [0.15, 0.2) is 0 Å². The lowest BCUT2D eigenvalue weighted by atomic mass is 10.1. The van der Waals surface area contributed by atoms with Gasteiger partial charge in [0, 0.05) is 23.5 Å². The van der Waals surface area contributed by atoms with E-state index >= 15 is 0 Å². The Morgan fingerprint density at radius 1 is 1.20 bits per heavy atom. The second-order valence-corrected chi connectivity index (χ2v) is 4.84. The first-order chi connectivity index (χ1) is 9.69. The van der Waals surface area contributed by atoms with Crippen molar-refractivity contribution in [2.24, 2.45) is 0 Å². The van der Waals surface area contributed by atoms with E-state index in [1.165, 1.54) is 0 Å². The predicted octanol–water partition coefficient (Wildman–Crippen LogP) is 3.87. The van der Waals surface area contributed by atoms with Crippen molar-refractivity contribution < 1.29 is 4.74 Å². The number of ether oxygens (including phenoxy) is 1. The summed E-state index contributed by atoms with van der Waals surface area (Å²) < 4.78 is 5.82. The van der Waals surface area contributed by atoms with E-state index in [2.05, 4.69) is 22.9 Å². The van der Waals surface area contributed by atoms with Crippen molar-refractivity contribution in [3.63, 3.8) is 0 Å². The maximum absolute atomic E-state index is 5.82. The number of hydrogen-bond donors (Lipinski definition) is 0. The highest BCUT2D eigenvalue weighted by atomic mass is 35.5. The summed E-state index contributed by atoms with van der Waals surface area (Å²) >= 11 is 5.55. The quantitative estimate of drug-likeness (QED) is 0.631. The molecule has 0 aliphatic heterocycles. The fourth-order valence-corrected chi connectivity index (χ4v) is 1.95. The van der Waals surface area contributed by atoms with Crippen LogP contribution in [-0.4, -0.2) is 10.9 Å². The van der Waals surface area contributed by atoms with Gasteiger partial charge in [-0.15, -0.1) is 11.6 Å². The molecule has 0 saturated heterocycles. The number of aryl methyl sites for hydroxylation is 2. The molecule has 0 atom stereocenters. The van der Waals surface area contributed by atoms with Gasteiger partial charge in [0.1, 0.15) is 12.4 Å². The molecule has 0 aliphatic rings. The summed E-state index contributed by atoms with van der Waals surface area (Å²) in [6, 6.07) is 7.96. The first-order valence-electron chi connectivity index (χ1n) is 6.38. The van der Waals surface area contributed by atoms with Crippen LogP contribution < -0.4 is 4.74 Å². The third-order valence-corrected chi connectivity index (χ3v) is 2.93. The Morgan fingerprint density at radius 2 is 2.05 bits per heavy atom. The largest absolute Gasteiger partial charge is 0.489 e. The van der Waals surface area contributed by atoms with Gasteiger partial charge in [-0.3, -0.25) is 4.98 Å². The average Bonchev–Trinajstić information content (AvgIpc) is 2.44. The zero-order valence-electron chi connectivity index (χ0n) is 11.6. The number of pyridine rings is 1. The molecular weight excluding hydrogens is 270 g/mol. The van der Waals surface area contributed by atoms with Gasteiger partial charge in [-0.1, -0.05) is 11.8 Å². The number of rotatable bonds is 3. The van der Waals surface area contributed by atoms with Gasteiger partial charge in [0.25, 0.3) is 0 Å². The van der Waals surface area contributed by atoms with Crippen LogP contribution in [0.2, 0.25) is 0 Å². The number of benzene rings is 1. The van der Waals surface area contributed by atoms with Crippen LogP contribution in [0, 0.1) is 25.7 Å². The molecule has 0 bridgehead atoms. The van der Waals surface area contributed by atoms with Gasteiger partial charge in [0.2, 0.25) is 0 Å². The molecule has 1 aromatic heterocycles. The molecule has 2 rings (SSSR count). The van der Waals surface area contributed by atoms with E-state index in [-0.39, 0.29) is 0 Å². The highest BCUT2D eigenvalue weighted by Crippen LogP contribution is 2.20. The molecule has 20 heavy (non-hydrogen) atoms. The van der Waals surface area contributed by atoms with Crippen molar-refractivity contribution in [2.45, 2.75) is 20.5 Å². The zero-order chi connectivity index (χ0) is 14.4. The maximum Gasteiger partial charge on any atom is 0.122 e. The Morgan fingerprint density at radius 3 is 2.75 bits per heavy atom. The minimum absolute atomic E-state index is 0.345. The van der Waals surface area contributed by atoms with Crippen LogP contribution in [0.15, 0.2) is 36.7 Å². The second-order valence-electron chi connectivity index (χ2n) is 4.57. The van der Waals surface area contributed by atoms with Crippen molar-refractivity contribution in [1.82, 2.24) is 4.98 Å². The van der Waals surface area contributed by atoms with Crippen molar-refractivity contribution >= 4 is 11.6 Å². The predicted molar refractivity (Wildman–Crippen MR) is 82.1 cm³/mol. The molecule has 1 aromatic carbocycles. The molecule has 0 radical (unpaired) electrons. The highest BCUT2D eigenvalue weighted by molar-refractivity contribution is 6.19. The summed E-state index contributed by atoms with van der Waals surface area (Å²) in [5.41, 5.74) is 4.21. The Balaban J connectivity index is 2.06. The fraction of sp³-hybridized carbons (Fsp3) is 0.235. The van der Waals surface area contributed by atoms with E-state index in [1.807, 2.05) is 44.4 Å². The maximum atomic E-state index is 5.82. The van der Waals surface area contributed by atoms with Gasteiger partial charge in [0.05, 0.1) is 5.88 Å². The van der Waals surface area contributed by atoms with E-state index in [0.29, 0.717) is 12.5 Å². The summed E-state index contributed by atoms with van der Waals surface area (Å²) in [6.45, 7) is 4.55. The van der Waals surface area contributed by atoms with Crippen LogP contribution in [0.4, 0.5) is 0 Å². The Kier molecular flexibility index (Phi) is 5.03. The lowest BCUT2D eigenvalue weighted by molar-refractivity contribution is 0.303. The van der Waals surface area contributed by atoms with E-state index in [9.17, 15) is 0 Å². The van der Waals surface area contributed by atoms with Crippen LogP contribution in [0.1, 0.15) is 22.3 Å². The van der Waals surface area contributed by atoms with Crippen LogP contribution in [-0.2, 0) is 6.61 Å². The number of hydrogen-bond acceptors (Lipinski definition) is 2. The molecule has 0 N–H and O–H groups in total. The monoisotopic (exact) mass is 285 g/mol.